The molecular formula is C41H45N3O6S. The summed E-state index contributed by atoms with van der Waals surface area (Å²) in [5.41, 5.74) is 1.12. The number of nitrogens with zero attached hydrogens (tertiary/aromatic N) is 2. The normalized spacial score (nSPS) is 24.4. The van der Waals surface area contributed by atoms with Crippen LogP contribution in [0.15, 0.2) is 83.8 Å². The van der Waals surface area contributed by atoms with Crippen LogP contribution in [-0.4, -0.2) is 32.9 Å². The van der Waals surface area contributed by atoms with Gasteiger partial charge in [-0.25, -0.2) is 8.42 Å². The first-order chi connectivity index (χ1) is 24.6. The molecule has 9 rings (SSSR count). The van der Waals surface area contributed by atoms with Crippen LogP contribution < -0.4 is 14.4 Å². The molecule has 0 spiro atoms. The highest BCUT2D eigenvalue weighted by Gasteiger charge is 2.53. The molecule has 5 aliphatic carbocycles. The maximum Gasteiger partial charge on any atom is 0.293 e. The van der Waals surface area contributed by atoms with Crippen molar-refractivity contribution in [1.29, 1.82) is 0 Å². The number of fused-ring (bicyclic) bond motifs is 1. The Morgan fingerprint density at radius 2 is 1.57 bits per heavy atom. The molecule has 5 aliphatic rings. The maximum absolute atomic E-state index is 14.8. The molecule has 0 aromatic heterocycles. The van der Waals surface area contributed by atoms with E-state index in [9.17, 15) is 23.3 Å². The molecule has 4 aromatic rings. The van der Waals surface area contributed by atoms with E-state index < -0.39 is 20.9 Å². The summed E-state index contributed by atoms with van der Waals surface area (Å²) in [5.74, 6) is 2.28. The van der Waals surface area contributed by atoms with E-state index in [1.165, 1.54) is 37.8 Å². The number of methoxy groups -OCH3 is 1. The maximum atomic E-state index is 14.8. The highest BCUT2D eigenvalue weighted by atomic mass is 32.2. The number of carbonyl (C=O) groups excluding carboxylic acids is 1. The number of carbonyl (C=O) groups is 1. The summed E-state index contributed by atoms with van der Waals surface area (Å²) in [6.07, 6.45) is 12.4. The summed E-state index contributed by atoms with van der Waals surface area (Å²) in [6, 6.07) is 21.9. The van der Waals surface area contributed by atoms with Crippen molar-refractivity contribution in [2.45, 2.75) is 80.9 Å². The molecule has 9 nitrogen and oxygen atoms in total. The zero-order chi connectivity index (χ0) is 35.3. The molecule has 0 radical (unpaired) electrons. The van der Waals surface area contributed by atoms with Crippen molar-refractivity contribution in [2.24, 2.45) is 23.7 Å². The third-order valence-corrected chi connectivity index (χ3v) is 13.9. The second kappa shape index (κ2) is 13.3. The van der Waals surface area contributed by atoms with Crippen molar-refractivity contribution >= 4 is 43.8 Å². The van der Waals surface area contributed by atoms with Crippen molar-refractivity contribution in [3.63, 3.8) is 0 Å². The monoisotopic (exact) mass is 707 g/mol. The van der Waals surface area contributed by atoms with Gasteiger partial charge in [0.15, 0.2) is 0 Å². The molecule has 5 saturated carbocycles. The molecule has 4 bridgehead atoms. The number of hydrogen-bond acceptors (Lipinski definition) is 7. The van der Waals surface area contributed by atoms with E-state index in [0.717, 1.165) is 71.7 Å². The van der Waals surface area contributed by atoms with Gasteiger partial charge in [-0.2, -0.15) is 4.31 Å². The van der Waals surface area contributed by atoms with E-state index in [4.69, 9.17) is 4.74 Å². The molecule has 0 aliphatic heterocycles. The van der Waals surface area contributed by atoms with Crippen LogP contribution in [0.3, 0.4) is 0 Å². The minimum Gasteiger partial charge on any atom is -0.496 e. The van der Waals surface area contributed by atoms with E-state index in [1.54, 1.807) is 37.4 Å². The first-order valence-corrected chi connectivity index (χ1v) is 19.9. The van der Waals surface area contributed by atoms with Gasteiger partial charge in [0.25, 0.3) is 21.6 Å². The lowest BCUT2D eigenvalue weighted by molar-refractivity contribution is -0.384. The predicted octanol–water partition coefficient (Wildman–Crippen LogP) is 9.25. The van der Waals surface area contributed by atoms with Crippen LogP contribution in [0.1, 0.15) is 86.6 Å². The number of benzene rings is 4. The SMILES string of the molecule is COc1ccc(N(C(=O)c2ccc3ccccc3c2)S(=O)(=O)c2ccc(NCC3CCCCC3)c([N+](=O)[O-])c2)cc1C12CC3CC(CC(C3)C1)C2. The van der Waals surface area contributed by atoms with Crippen molar-refractivity contribution in [3.8, 4) is 5.75 Å². The first kappa shape index (κ1) is 33.7. The van der Waals surface area contributed by atoms with Crippen molar-refractivity contribution in [3.05, 3.63) is 100 Å². The quantitative estimate of drug-likeness (QED) is 0.129. The molecule has 0 atom stereocenters. The standard InChI is InChI=1S/C41H45N3O6S/c1-50-39-16-13-34(21-36(39)41-23-28-17-29(24-41)19-30(18-28)25-41)43(40(45)33-12-11-31-9-5-6-10-32(31)20-33)51(48,49)35-14-15-37(38(22-35)44(46)47)42-26-27-7-3-2-4-8-27/h5-6,9-16,20-22,27-30,42H,2-4,7-8,17-19,23-26H2,1H3. The second-order valence-electron chi connectivity index (χ2n) is 15.5. The molecule has 1 N–H and O–H groups in total. The average Bonchev–Trinajstić information content (AvgIpc) is 3.13. The van der Waals surface area contributed by atoms with E-state index in [1.807, 2.05) is 30.3 Å². The van der Waals surface area contributed by atoms with Gasteiger partial charge >= 0.3 is 0 Å². The van der Waals surface area contributed by atoms with Gasteiger partial charge in [-0.3, -0.25) is 14.9 Å². The van der Waals surface area contributed by atoms with Crippen LogP contribution in [0.25, 0.3) is 10.8 Å². The Labute approximate surface area is 299 Å². The minimum absolute atomic E-state index is 0.151. The third-order valence-electron chi connectivity index (χ3n) is 12.2. The lowest BCUT2D eigenvalue weighted by atomic mass is 9.48. The number of ether oxygens (including phenoxy) is 1. The van der Waals surface area contributed by atoms with E-state index in [0.29, 0.717) is 36.0 Å². The van der Waals surface area contributed by atoms with Crippen LogP contribution in [0, 0.1) is 33.8 Å². The van der Waals surface area contributed by atoms with Crippen LogP contribution in [-0.2, 0) is 15.4 Å². The fourth-order valence-corrected chi connectivity index (χ4v) is 11.6. The summed E-state index contributed by atoms with van der Waals surface area (Å²) in [4.78, 5) is 26.1. The van der Waals surface area contributed by atoms with Crippen molar-refractivity contribution < 1.29 is 22.9 Å². The number of anilines is 2. The Bertz CT molecular complexity index is 2070. The van der Waals surface area contributed by atoms with Gasteiger partial charge in [-0.1, -0.05) is 49.6 Å². The van der Waals surface area contributed by atoms with Gasteiger partial charge in [0, 0.05) is 23.7 Å². The number of rotatable bonds is 10. The number of sulfonamides is 1. The van der Waals surface area contributed by atoms with Crippen molar-refractivity contribution in [2.75, 3.05) is 23.3 Å². The molecule has 51 heavy (non-hydrogen) atoms. The molecule has 0 saturated heterocycles. The van der Waals surface area contributed by atoms with E-state index in [-0.39, 0.29) is 32.9 Å². The number of hydrogen-bond donors (Lipinski definition) is 1. The first-order valence-electron chi connectivity index (χ1n) is 18.4. The summed E-state index contributed by atoms with van der Waals surface area (Å²) in [7, 11) is -3.01. The van der Waals surface area contributed by atoms with Gasteiger partial charge in [0.05, 0.1) is 22.6 Å². The minimum atomic E-state index is -4.64. The predicted molar refractivity (Wildman–Crippen MR) is 199 cm³/mol. The zero-order valence-electron chi connectivity index (χ0n) is 29.1. The van der Waals surface area contributed by atoms with Crippen LogP contribution in [0.2, 0.25) is 0 Å². The Morgan fingerprint density at radius 1 is 0.882 bits per heavy atom. The molecule has 0 heterocycles. The Hall–Kier alpha value is -4.44. The topological polar surface area (TPSA) is 119 Å². The molecule has 5 fully saturated rings. The van der Waals surface area contributed by atoms with Gasteiger partial charge < -0.3 is 10.1 Å². The van der Waals surface area contributed by atoms with E-state index >= 15 is 0 Å². The summed E-state index contributed by atoms with van der Waals surface area (Å²) in [5, 5.41) is 17.3. The molecule has 0 unspecified atom stereocenters. The average molecular weight is 708 g/mol. The molecule has 266 valence electrons. The second-order valence-corrected chi connectivity index (χ2v) is 17.3. The fourth-order valence-electron chi connectivity index (χ4n) is 10.2. The number of nitrogens with one attached hydrogen (secondary N) is 1. The highest BCUT2D eigenvalue weighted by Crippen LogP contribution is 2.62. The smallest absolute Gasteiger partial charge is 0.293 e. The lowest BCUT2D eigenvalue weighted by Gasteiger charge is -2.57. The number of nitro groups is 1. The van der Waals surface area contributed by atoms with E-state index in [2.05, 4.69) is 5.32 Å². The van der Waals surface area contributed by atoms with Crippen molar-refractivity contribution in [1.82, 2.24) is 0 Å². The van der Waals surface area contributed by atoms with Gasteiger partial charge in [0.1, 0.15) is 11.4 Å². The molecule has 4 aromatic carbocycles. The van der Waals surface area contributed by atoms with Crippen LogP contribution in [0.4, 0.5) is 17.1 Å². The number of nitro benzene ring substituents is 1. The fraction of sp³-hybridized carbons (Fsp3) is 0.439. The third kappa shape index (κ3) is 6.26. The van der Waals surface area contributed by atoms with Gasteiger partial charge in [-0.05, 0) is 134 Å². The Balaban J connectivity index is 1.22. The van der Waals surface area contributed by atoms with Crippen LogP contribution >= 0.6 is 0 Å². The summed E-state index contributed by atoms with van der Waals surface area (Å²) < 4.78 is 36.5. The van der Waals surface area contributed by atoms with Gasteiger partial charge in [-0.15, -0.1) is 0 Å². The largest absolute Gasteiger partial charge is 0.496 e. The Morgan fingerprint density at radius 3 is 2.24 bits per heavy atom. The highest BCUT2D eigenvalue weighted by molar-refractivity contribution is 7.93. The Kier molecular flexibility index (Phi) is 8.77. The number of amides is 1. The van der Waals surface area contributed by atoms with Gasteiger partial charge in [0.2, 0.25) is 0 Å². The lowest BCUT2D eigenvalue weighted by Crippen LogP contribution is -2.48. The van der Waals surface area contributed by atoms with Crippen LogP contribution in [0.5, 0.6) is 5.75 Å². The summed E-state index contributed by atoms with van der Waals surface area (Å²) in [6.45, 7) is 0.582. The zero-order valence-corrected chi connectivity index (χ0v) is 29.9. The molecule has 10 heteroatoms. The summed E-state index contributed by atoms with van der Waals surface area (Å²) >= 11 is 0. The molecule has 1 amide bonds. The molecular weight excluding hydrogens is 663 g/mol.